The first-order valence-electron chi connectivity index (χ1n) is 7.57. The van der Waals surface area contributed by atoms with Gasteiger partial charge in [-0.25, -0.2) is 14.8 Å². The van der Waals surface area contributed by atoms with E-state index in [1.807, 2.05) is 6.92 Å². The summed E-state index contributed by atoms with van der Waals surface area (Å²) in [6, 6.07) is 5.09. The van der Waals surface area contributed by atoms with Gasteiger partial charge in [0, 0.05) is 18.0 Å². The Hall–Kier alpha value is -3.10. The lowest BCUT2D eigenvalue weighted by atomic mass is 9.98. The van der Waals surface area contributed by atoms with E-state index in [1.165, 1.54) is 30.6 Å². The molecule has 0 saturated carbocycles. The Balaban J connectivity index is 2.13. The van der Waals surface area contributed by atoms with Crippen LogP contribution in [0.5, 0.6) is 11.8 Å². The smallest absolute Gasteiger partial charge is 0.473 e. The quantitative estimate of drug-likeness (QED) is 0.895. The second-order valence-electron chi connectivity index (χ2n) is 5.45. The van der Waals surface area contributed by atoms with E-state index < -0.39 is 29.5 Å². The highest BCUT2D eigenvalue weighted by Crippen LogP contribution is 2.45. The normalized spacial score (nSPS) is 19.2. The van der Waals surface area contributed by atoms with Crippen molar-refractivity contribution in [3.8, 4) is 11.8 Å². The second-order valence-corrected chi connectivity index (χ2v) is 5.45. The highest BCUT2D eigenvalue weighted by atomic mass is 19.4. The molecule has 1 aromatic carbocycles. The topological polar surface area (TPSA) is 81.5 Å². The Morgan fingerprint density at radius 2 is 1.92 bits per heavy atom. The zero-order chi connectivity index (χ0) is 18.9. The number of rotatable bonds is 4. The Morgan fingerprint density at radius 3 is 2.50 bits per heavy atom. The van der Waals surface area contributed by atoms with E-state index >= 15 is 0 Å². The number of benzene rings is 1. The molecule has 3 rings (SSSR count). The highest BCUT2D eigenvalue weighted by Gasteiger charge is 2.67. The molecular weight excluding hydrogens is 353 g/mol. The number of para-hydroxylation sites is 1. The molecule has 1 N–H and O–H groups in total. The SMILES string of the molecule is CCc1cnc(OC2(C(F)(F)F)Oc3ccccc3C=C2C(=O)O)nc1. The summed E-state index contributed by atoms with van der Waals surface area (Å²) < 4.78 is 51.7. The number of ether oxygens (including phenoxy) is 2. The number of aliphatic carboxylic acids is 1. The average Bonchev–Trinajstić information content (AvgIpc) is 2.60. The number of fused-ring (bicyclic) bond motifs is 1. The molecule has 0 saturated heterocycles. The number of alkyl halides is 3. The maximum absolute atomic E-state index is 13.9. The predicted octanol–water partition coefficient (Wildman–Crippen LogP) is 3.24. The molecule has 0 aliphatic carbocycles. The predicted molar refractivity (Wildman–Crippen MR) is 83.5 cm³/mol. The Kier molecular flexibility index (Phi) is 4.31. The molecule has 1 aliphatic heterocycles. The van der Waals surface area contributed by atoms with Gasteiger partial charge in [0.1, 0.15) is 11.3 Å². The minimum absolute atomic E-state index is 0.167. The van der Waals surface area contributed by atoms with Crippen LogP contribution in [0.1, 0.15) is 18.1 Å². The van der Waals surface area contributed by atoms with Crippen LogP contribution in [0.2, 0.25) is 0 Å². The number of aryl methyl sites for hydroxylation is 1. The standard InChI is InChI=1S/C17H13F3N2O4/c1-2-10-8-21-15(22-9-10)26-16(17(18,19)20)12(14(23)24)7-11-5-3-4-6-13(11)25-16/h3-9H,2H2,1H3,(H,23,24). The van der Waals surface area contributed by atoms with Gasteiger partial charge in [0.05, 0.1) is 0 Å². The fraction of sp³-hybridized carbons (Fsp3) is 0.235. The van der Waals surface area contributed by atoms with E-state index in [2.05, 4.69) is 9.97 Å². The largest absolute Gasteiger partial charge is 0.478 e. The van der Waals surface area contributed by atoms with E-state index in [4.69, 9.17) is 9.47 Å². The van der Waals surface area contributed by atoms with Crippen molar-refractivity contribution in [1.82, 2.24) is 9.97 Å². The van der Waals surface area contributed by atoms with Gasteiger partial charge in [0.2, 0.25) is 0 Å². The summed E-state index contributed by atoms with van der Waals surface area (Å²) in [5, 5.41) is 9.35. The van der Waals surface area contributed by atoms with Crippen LogP contribution < -0.4 is 9.47 Å². The van der Waals surface area contributed by atoms with Crippen molar-refractivity contribution in [2.24, 2.45) is 0 Å². The van der Waals surface area contributed by atoms with Crippen LogP contribution in [-0.2, 0) is 11.2 Å². The maximum Gasteiger partial charge on any atom is 0.473 e. The first-order chi connectivity index (χ1) is 12.3. The van der Waals surface area contributed by atoms with E-state index in [0.717, 1.165) is 6.08 Å². The summed E-state index contributed by atoms with van der Waals surface area (Å²) in [5.41, 5.74) is -0.246. The molecule has 0 spiro atoms. The van der Waals surface area contributed by atoms with Crippen molar-refractivity contribution in [2.45, 2.75) is 25.3 Å². The van der Waals surface area contributed by atoms with Gasteiger partial charge >= 0.3 is 23.9 Å². The van der Waals surface area contributed by atoms with Gasteiger partial charge in [0.25, 0.3) is 0 Å². The molecule has 0 bridgehead atoms. The molecule has 1 aromatic heterocycles. The van der Waals surface area contributed by atoms with Crippen molar-refractivity contribution in [3.05, 3.63) is 53.4 Å². The first kappa shape index (κ1) is 17.7. The van der Waals surface area contributed by atoms with Crippen LogP contribution in [0.3, 0.4) is 0 Å². The van der Waals surface area contributed by atoms with Crippen LogP contribution in [0.4, 0.5) is 13.2 Å². The minimum atomic E-state index is -5.21. The third-order valence-corrected chi connectivity index (χ3v) is 3.76. The maximum atomic E-state index is 13.9. The van der Waals surface area contributed by atoms with E-state index in [1.54, 1.807) is 6.07 Å². The second kappa shape index (κ2) is 6.32. The molecule has 0 fully saturated rings. The van der Waals surface area contributed by atoms with Gasteiger partial charge in [-0.05, 0) is 24.1 Å². The number of carboxylic acids is 1. The average molecular weight is 366 g/mol. The molecular formula is C17H13F3N2O4. The Bertz CT molecular complexity index is 865. The zero-order valence-corrected chi connectivity index (χ0v) is 13.4. The summed E-state index contributed by atoms with van der Waals surface area (Å²) in [7, 11) is 0. The number of carbonyl (C=O) groups is 1. The van der Waals surface area contributed by atoms with Crippen molar-refractivity contribution in [3.63, 3.8) is 0 Å². The van der Waals surface area contributed by atoms with Crippen molar-refractivity contribution >= 4 is 12.0 Å². The van der Waals surface area contributed by atoms with E-state index in [0.29, 0.717) is 12.0 Å². The van der Waals surface area contributed by atoms with Crippen LogP contribution >= 0.6 is 0 Å². The summed E-state index contributed by atoms with van der Waals surface area (Å²) in [4.78, 5) is 19.0. The lowest BCUT2D eigenvalue weighted by Gasteiger charge is -2.37. The van der Waals surface area contributed by atoms with Crippen molar-refractivity contribution in [1.29, 1.82) is 0 Å². The summed E-state index contributed by atoms with van der Waals surface area (Å²) >= 11 is 0. The van der Waals surface area contributed by atoms with Gasteiger partial charge in [-0.3, -0.25) is 0 Å². The summed E-state index contributed by atoms with van der Waals surface area (Å²) in [6.45, 7) is 1.82. The van der Waals surface area contributed by atoms with E-state index in [9.17, 15) is 23.1 Å². The van der Waals surface area contributed by atoms with Crippen LogP contribution in [0.25, 0.3) is 6.08 Å². The molecule has 136 valence electrons. The number of carboxylic acid groups (broad SMARTS) is 1. The third-order valence-electron chi connectivity index (χ3n) is 3.76. The van der Waals surface area contributed by atoms with Crippen molar-refractivity contribution in [2.75, 3.05) is 0 Å². The molecule has 6 nitrogen and oxygen atoms in total. The summed E-state index contributed by atoms with van der Waals surface area (Å²) in [5.74, 6) is -5.57. The summed E-state index contributed by atoms with van der Waals surface area (Å²) in [6.07, 6.45) is -1.16. The zero-order valence-electron chi connectivity index (χ0n) is 13.4. The monoisotopic (exact) mass is 366 g/mol. The van der Waals surface area contributed by atoms with E-state index in [-0.39, 0.29) is 11.3 Å². The third kappa shape index (κ3) is 2.96. The minimum Gasteiger partial charge on any atom is -0.478 e. The fourth-order valence-electron chi connectivity index (χ4n) is 2.41. The fourth-order valence-corrected chi connectivity index (χ4v) is 2.41. The molecule has 2 heterocycles. The van der Waals surface area contributed by atoms with Gasteiger partial charge in [0.15, 0.2) is 0 Å². The number of hydrogen-bond acceptors (Lipinski definition) is 5. The number of nitrogens with zero attached hydrogens (tertiary/aromatic N) is 2. The van der Waals surface area contributed by atoms with Gasteiger partial charge < -0.3 is 14.6 Å². The lowest BCUT2D eigenvalue weighted by molar-refractivity contribution is -0.306. The number of aromatic nitrogens is 2. The van der Waals surface area contributed by atoms with Gasteiger partial charge in [-0.15, -0.1) is 0 Å². The number of halogens is 3. The Labute approximate surface area is 145 Å². The molecule has 2 aromatic rings. The molecule has 26 heavy (non-hydrogen) atoms. The van der Waals surface area contributed by atoms with Gasteiger partial charge in [-0.2, -0.15) is 13.2 Å². The molecule has 9 heteroatoms. The molecule has 1 unspecified atom stereocenters. The molecule has 0 radical (unpaired) electrons. The van der Waals surface area contributed by atoms with Crippen LogP contribution in [0, 0.1) is 0 Å². The molecule has 1 aliphatic rings. The first-order valence-corrected chi connectivity index (χ1v) is 7.57. The lowest BCUT2D eigenvalue weighted by Crippen LogP contribution is -2.59. The molecule has 1 atom stereocenters. The van der Waals surface area contributed by atoms with Crippen LogP contribution in [-0.4, -0.2) is 33.0 Å². The Morgan fingerprint density at radius 1 is 1.27 bits per heavy atom. The van der Waals surface area contributed by atoms with Crippen molar-refractivity contribution < 1.29 is 32.5 Å². The van der Waals surface area contributed by atoms with Crippen LogP contribution in [0.15, 0.2) is 42.2 Å². The van der Waals surface area contributed by atoms with Gasteiger partial charge in [-0.1, -0.05) is 25.1 Å². The number of hydrogen-bond donors (Lipinski definition) is 1. The highest BCUT2D eigenvalue weighted by molar-refractivity contribution is 5.96. The molecule has 0 amide bonds.